The minimum atomic E-state index is -0.0907. The number of carbonyl (C=O) groups is 2. The summed E-state index contributed by atoms with van der Waals surface area (Å²) in [4.78, 5) is 24.6. The van der Waals surface area contributed by atoms with Gasteiger partial charge < -0.3 is 5.32 Å². The Balaban J connectivity index is 1.95. The van der Waals surface area contributed by atoms with Gasteiger partial charge >= 0.3 is 0 Å². The maximum Gasteiger partial charge on any atom is 0.220 e. The number of rotatable bonds is 6. The number of Topliss-reactive ketones (excluding diaryl/α,β-unsaturated/α-hetero) is 1. The number of hydrogen-bond donors (Lipinski definition) is 1. The number of carbonyl (C=O) groups excluding carboxylic acids is 2. The van der Waals surface area contributed by atoms with Crippen LogP contribution in [-0.4, -0.2) is 11.7 Å². The number of aryl methyl sites for hydroxylation is 4. The van der Waals surface area contributed by atoms with Gasteiger partial charge in [-0.1, -0.05) is 41.5 Å². The van der Waals surface area contributed by atoms with Crippen molar-refractivity contribution in [2.24, 2.45) is 0 Å². The fourth-order valence-electron chi connectivity index (χ4n) is 3.02. The van der Waals surface area contributed by atoms with Crippen LogP contribution in [-0.2, 0) is 4.79 Å². The number of benzene rings is 2. The fourth-order valence-corrected chi connectivity index (χ4v) is 3.02. The molecule has 0 aromatic heterocycles. The first-order valence-electron chi connectivity index (χ1n) is 8.75. The van der Waals surface area contributed by atoms with E-state index in [2.05, 4.69) is 23.5 Å². The van der Waals surface area contributed by atoms with Gasteiger partial charge in [0.15, 0.2) is 5.78 Å². The van der Waals surface area contributed by atoms with Crippen LogP contribution in [0, 0.1) is 27.7 Å². The van der Waals surface area contributed by atoms with E-state index in [9.17, 15) is 9.59 Å². The lowest BCUT2D eigenvalue weighted by atomic mass is 9.98. The van der Waals surface area contributed by atoms with Crippen LogP contribution in [0.1, 0.15) is 64.0 Å². The van der Waals surface area contributed by atoms with E-state index < -0.39 is 0 Å². The molecule has 2 rings (SSSR count). The summed E-state index contributed by atoms with van der Waals surface area (Å²) in [6.45, 7) is 9.96. The first-order chi connectivity index (χ1) is 11.8. The quantitative estimate of drug-likeness (QED) is 0.772. The highest BCUT2D eigenvalue weighted by molar-refractivity contribution is 5.99. The summed E-state index contributed by atoms with van der Waals surface area (Å²) >= 11 is 0. The fraction of sp³-hybridized carbons (Fsp3) is 0.364. The van der Waals surface area contributed by atoms with Crippen LogP contribution in [0.25, 0.3) is 0 Å². The summed E-state index contributed by atoms with van der Waals surface area (Å²) in [6, 6.07) is 12.0. The molecule has 0 aliphatic carbocycles. The molecule has 0 spiro atoms. The molecular formula is C22H27NO2. The summed E-state index contributed by atoms with van der Waals surface area (Å²) in [5, 5.41) is 3.01. The van der Waals surface area contributed by atoms with E-state index in [1.54, 1.807) is 0 Å². The van der Waals surface area contributed by atoms with E-state index in [-0.39, 0.29) is 30.6 Å². The van der Waals surface area contributed by atoms with Gasteiger partial charge in [0.2, 0.25) is 5.91 Å². The molecule has 1 atom stereocenters. The first-order valence-corrected chi connectivity index (χ1v) is 8.75. The van der Waals surface area contributed by atoms with Gasteiger partial charge in [-0.15, -0.1) is 0 Å². The van der Waals surface area contributed by atoms with Crippen LogP contribution >= 0.6 is 0 Å². The summed E-state index contributed by atoms with van der Waals surface area (Å²) in [5.41, 5.74) is 6.18. The Kier molecular flexibility index (Phi) is 6.13. The summed E-state index contributed by atoms with van der Waals surface area (Å²) in [5.74, 6) is -0.0669. The highest BCUT2D eigenvalue weighted by atomic mass is 16.2. The first kappa shape index (κ1) is 18.9. The van der Waals surface area contributed by atoms with Gasteiger partial charge in [-0.25, -0.2) is 0 Å². The van der Waals surface area contributed by atoms with Crippen LogP contribution in [0.3, 0.4) is 0 Å². The average molecular weight is 337 g/mol. The van der Waals surface area contributed by atoms with Gasteiger partial charge in [-0.2, -0.15) is 0 Å². The Morgan fingerprint density at radius 3 is 2.16 bits per heavy atom. The Labute approximate surface area is 150 Å². The second-order valence-corrected chi connectivity index (χ2v) is 6.89. The minimum absolute atomic E-state index is 0.0238. The maximum absolute atomic E-state index is 12.4. The molecule has 2 aromatic carbocycles. The predicted octanol–water partition coefficient (Wildman–Crippen LogP) is 4.76. The standard InChI is InChI=1S/C22H27NO2/c1-14-6-8-16(3)19(12-14)18(5)23-22(25)11-10-21(24)20-13-15(2)7-9-17(20)4/h6-9,12-13,18H,10-11H2,1-5H3,(H,23,25). The number of amides is 1. The molecule has 0 aliphatic rings. The van der Waals surface area contributed by atoms with E-state index >= 15 is 0 Å². The Bertz CT molecular complexity index is 793. The van der Waals surface area contributed by atoms with E-state index in [0.717, 1.165) is 27.8 Å². The third-order valence-corrected chi connectivity index (χ3v) is 4.55. The second-order valence-electron chi connectivity index (χ2n) is 6.89. The van der Waals surface area contributed by atoms with Gasteiger partial charge in [-0.3, -0.25) is 9.59 Å². The molecule has 0 radical (unpaired) electrons. The lowest BCUT2D eigenvalue weighted by Gasteiger charge is -2.17. The van der Waals surface area contributed by atoms with Crippen molar-refractivity contribution in [1.82, 2.24) is 5.32 Å². The van der Waals surface area contributed by atoms with Crippen molar-refractivity contribution in [1.29, 1.82) is 0 Å². The van der Waals surface area contributed by atoms with E-state index in [0.29, 0.717) is 0 Å². The Morgan fingerprint density at radius 2 is 1.48 bits per heavy atom. The van der Waals surface area contributed by atoms with E-state index in [1.165, 1.54) is 5.56 Å². The Morgan fingerprint density at radius 1 is 0.880 bits per heavy atom. The molecule has 1 unspecified atom stereocenters. The van der Waals surface area contributed by atoms with Crippen molar-refractivity contribution in [2.45, 2.75) is 53.5 Å². The van der Waals surface area contributed by atoms with Crippen molar-refractivity contribution in [3.8, 4) is 0 Å². The molecule has 1 N–H and O–H groups in total. The van der Waals surface area contributed by atoms with Crippen LogP contribution in [0.2, 0.25) is 0 Å². The number of nitrogens with one attached hydrogen (secondary N) is 1. The molecule has 3 heteroatoms. The minimum Gasteiger partial charge on any atom is -0.350 e. The van der Waals surface area contributed by atoms with Crippen molar-refractivity contribution in [3.63, 3.8) is 0 Å². The summed E-state index contributed by atoms with van der Waals surface area (Å²) in [6.07, 6.45) is 0.442. The third-order valence-electron chi connectivity index (χ3n) is 4.55. The summed E-state index contributed by atoms with van der Waals surface area (Å²) in [7, 11) is 0. The number of hydrogen-bond acceptors (Lipinski definition) is 2. The van der Waals surface area contributed by atoms with E-state index in [1.807, 2.05) is 52.8 Å². The van der Waals surface area contributed by atoms with E-state index in [4.69, 9.17) is 0 Å². The molecule has 0 heterocycles. The third kappa shape index (κ3) is 5.02. The van der Waals surface area contributed by atoms with Gasteiger partial charge in [0.05, 0.1) is 6.04 Å². The van der Waals surface area contributed by atoms with Crippen molar-refractivity contribution >= 4 is 11.7 Å². The zero-order valence-corrected chi connectivity index (χ0v) is 15.8. The maximum atomic E-state index is 12.4. The normalized spacial score (nSPS) is 11.9. The number of ketones is 1. The van der Waals surface area contributed by atoms with Gasteiger partial charge in [0.1, 0.15) is 0 Å². The molecule has 0 saturated carbocycles. The van der Waals surface area contributed by atoms with Crippen LogP contribution in [0.5, 0.6) is 0 Å². The zero-order valence-electron chi connectivity index (χ0n) is 15.8. The van der Waals surface area contributed by atoms with Gasteiger partial charge in [0.25, 0.3) is 0 Å². The molecule has 0 aliphatic heterocycles. The van der Waals surface area contributed by atoms with Gasteiger partial charge in [0, 0.05) is 18.4 Å². The summed E-state index contributed by atoms with van der Waals surface area (Å²) < 4.78 is 0. The van der Waals surface area contributed by atoms with Gasteiger partial charge in [-0.05, 0) is 57.4 Å². The highest BCUT2D eigenvalue weighted by Crippen LogP contribution is 2.19. The van der Waals surface area contributed by atoms with Crippen molar-refractivity contribution in [3.05, 3.63) is 69.8 Å². The smallest absolute Gasteiger partial charge is 0.220 e. The predicted molar refractivity (Wildman–Crippen MR) is 102 cm³/mol. The zero-order chi connectivity index (χ0) is 18.6. The average Bonchev–Trinajstić information content (AvgIpc) is 2.57. The molecule has 25 heavy (non-hydrogen) atoms. The molecule has 2 aromatic rings. The molecular weight excluding hydrogens is 310 g/mol. The van der Waals surface area contributed by atoms with Crippen LogP contribution in [0.15, 0.2) is 36.4 Å². The molecule has 0 bridgehead atoms. The van der Waals surface area contributed by atoms with Crippen molar-refractivity contribution < 1.29 is 9.59 Å². The van der Waals surface area contributed by atoms with Crippen LogP contribution < -0.4 is 5.32 Å². The topological polar surface area (TPSA) is 46.2 Å². The Hall–Kier alpha value is -2.42. The molecule has 3 nitrogen and oxygen atoms in total. The van der Waals surface area contributed by atoms with Crippen LogP contribution in [0.4, 0.5) is 0 Å². The highest BCUT2D eigenvalue weighted by Gasteiger charge is 2.15. The SMILES string of the molecule is Cc1ccc(C)c(C(=O)CCC(=O)NC(C)c2cc(C)ccc2C)c1. The second kappa shape index (κ2) is 8.11. The molecule has 0 saturated heterocycles. The lowest BCUT2D eigenvalue weighted by molar-refractivity contribution is -0.121. The monoisotopic (exact) mass is 337 g/mol. The largest absolute Gasteiger partial charge is 0.350 e. The lowest BCUT2D eigenvalue weighted by Crippen LogP contribution is -2.27. The van der Waals surface area contributed by atoms with Crippen molar-refractivity contribution in [2.75, 3.05) is 0 Å². The molecule has 0 fully saturated rings. The molecule has 1 amide bonds. The molecule has 132 valence electrons.